The van der Waals surface area contributed by atoms with Crippen molar-refractivity contribution >= 4 is 23.3 Å². The van der Waals surface area contributed by atoms with Gasteiger partial charge < -0.3 is 4.90 Å². The maximum atomic E-state index is 12.1. The van der Waals surface area contributed by atoms with Crippen LogP contribution in [-0.2, 0) is 4.79 Å². The summed E-state index contributed by atoms with van der Waals surface area (Å²) in [5, 5.41) is 2.00. The molecule has 0 aliphatic rings. The Bertz CT molecular complexity index is 545. The summed E-state index contributed by atoms with van der Waals surface area (Å²) < 4.78 is 0. The molecule has 0 radical (unpaired) electrons. The molecule has 98 valence electrons. The second-order valence-corrected chi connectivity index (χ2v) is 5.36. The van der Waals surface area contributed by atoms with Crippen LogP contribution in [-0.4, -0.2) is 17.9 Å². The molecule has 2 aromatic rings. The zero-order chi connectivity index (χ0) is 13.7. The number of carbonyl (C=O) groups is 1. The van der Waals surface area contributed by atoms with Gasteiger partial charge in [0, 0.05) is 18.0 Å². The summed E-state index contributed by atoms with van der Waals surface area (Å²) in [7, 11) is 1.83. The lowest BCUT2D eigenvalue weighted by Gasteiger charge is -2.24. The molecule has 0 fully saturated rings. The van der Waals surface area contributed by atoms with Gasteiger partial charge in [0.2, 0.25) is 5.91 Å². The topological polar surface area (TPSA) is 20.3 Å². The van der Waals surface area contributed by atoms with E-state index < -0.39 is 0 Å². The molecule has 1 atom stereocenters. The molecule has 0 aliphatic heterocycles. The van der Waals surface area contributed by atoms with E-state index in [4.69, 9.17) is 0 Å². The van der Waals surface area contributed by atoms with E-state index in [1.807, 2.05) is 67.9 Å². The van der Waals surface area contributed by atoms with Crippen molar-refractivity contribution in [3.05, 3.63) is 64.4 Å². The molecule has 1 heterocycles. The zero-order valence-corrected chi connectivity index (χ0v) is 11.9. The molecule has 3 heteroatoms. The second kappa shape index (κ2) is 6.34. The van der Waals surface area contributed by atoms with E-state index in [2.05, 4.69) is 0 Å². The average molecular weight is 271 g/mol. The van der Waals surface area contributed by atoms with Crippen LogP contribution in [0.4, 0.5) is 0 Å². The molecule has 0 aliphatic carbocycles. The van der Waals surface area contributed by atoms with Gasteiger partial charge in [-0.1, -0.05) is 36.4 Å². The van der Waals surface area contributed by atoms with Gasteiger partial charge in [-0.15, -0.1) is 11.3 Å². The van der Waals surface area contributed by atoms with E-state index in [1.165, 1.54) is 0 Å². The van der Waals surface area contributed by atoms with Crippen molar-refractivity contribution in [2.24, 2.45) is 0 Å². The highest BCUT2D eigenvalue weighted by Gasteiger charge is 2.14. The number of benzene rings is 1. The SMILES string of the molecule is CC(c1ccccc1)N(C)C(=O)/C=C/c1cccs1. The van der Waals surface area contributed by atoms with Gasteiger partial charge in [-0.25, -0.2) is 0 Å². The molecule has 19 heavy (non-hydrogen) atoms. The number of hydrogen-bond donors (Lipinski definition) is 0. The highest BCUT2D eigenvalue weighted by Crippen LogP contribution is 2.19. The Morgan fingerprint density at radius 1 is 1.21 bits per heavy atom. The lowest BCUT2D eigenvalue weighted by Crippen LogP contribution is -2.27. The van der Waals surface area contributed by atoms with Gasteiger partial charge >= 0.3 is 0 Å². The summed E-state index contributed by atoms with van der Waals surface area (Å²) in [5.74, 6) is 0.0183. The summed E-state index contributed by atoms with van der Waals surface area (Å²) in [4.78, 5) is 14.9. The van der Waals surface area contributed by atoms with Crippen LogP contribution in [0.25, 0.3) is 6.08 Å². The first kappa shape index (κ1) is 13.6. The van der Waals surface area contributed by atoms with Crippen molar-refractivity contribution in [2.75, 3.05) is 7.05 Å². The number of likely N-dealkylation sites (N-methyl/N-ethyl adjacent to an activating group) is 1. The van der Waals surface area contributed by atoms with E-state index in [-0.39, 0.29) is 11.9 Å². The molecule has 0 bridgehead atoms. The van der Waals surface area contributed by atoms with Gasteiger partial charge in [0.25, 0.3) is 0 Å². The zero-order valence-electron chi connectivity index (χ0n) is 11.1. The monoisotopic (exact) mass is 271 g/mol. The molecule has 1 unspecified atom stereocenters. The van der Waals surface area contributed by atoms with Crippen LogP contribution < -0.4 is 0 Å². The minimum Gasteiger partial charge on any atom is -0.335 e. The molecular weight excluding hydrogens is 254 g/mol. The largest absolute Gasteiger partial charge is 0.335 e. The van der Waals surface area contributed by atoms with Crippen LogP contribution in [0.15, 0.2) is 53.9 Å². The van der Waals surface area contributed by atoms with Crippen molar-refractivity contribution in [3.63, 3.8) is 0 Å². The van der Waals surface area contributed by atoms with E-state index in [0.29, 0.717) is 0 Å². The highest BCUT2D eigenvalue weighted by atomic mass is 32.1. The third-order valence-electron chi connectivity index (χ3n) is 3.14. The smallest absolute Gasteiger partial charge is 0.246 e. The van der Waals surface area contributed by atoms with Gasteiger partial charge in [-0.3, -0.25) is 4.79 Å². The van der Waals surface area contributed by atoms with E-state index >= 15 is 0 Å². The first-order valence-electron chi connectivity index (χ1n) is 6.22. The van der Waals surface area contributed by atoms with Crippen LogP contribution in [0.5, 0.6) is 0 Å². The minimum atomic E-state index is 0.0183. The van der Waals surface area contributed by atoms with Crippen molar-refractivity contribution in [3.8, 4) is 0 Å². The molecule has 1 amide bonds. The van der Waals surface area contributed by atoms with Crippen molar-refractivity contribution in [2.45, 2.75) is 13.0 Å². The Balaban J connectivity index is 2.03. The van der Waals surface area contributed by atoms with Gasteiger partial charge in [0.15, 0.2) is 0 Å². The fourth-order valence-electron chi connectivity index (χ4n) is 1.80. The lowest BCUT2D eigenvalue weighted by molar-refractivity contribution is -0.126. The Kier molecular flexibility index (Phi) is 4.53. The normalized spacial score (nSPS) is 12.5. The predicted molar refractivity (Wildman–Crippen MR) is 81.0 cm³/mol. The van der Waals surface area contributed by atoms with Gasteiger partial charge in [0.1, 0.15) is 0 Å². The number of hydrogen-bond acceptors (Lipinski definition) is 2. The molecule has 1 aromatic heterocycles. The fourth-order valence-corrected chi connectivity index (χ4v) is 2.42. The van der Waals surface area contributed by atoms with Crippen LogP contribution in [0, 0.1) is 0 Å². The minimum absolute atomic E-state index is 0.0183. The average Bonchev–Trinajstić information content (AvgIpc) is 2.97. The summed E-state index contributed by atoms with van der Waals surface area (Å²) in [6, 6.07) is 14.1. The van der Waals surface area contributed by atoms with Crippen LogP contribution in [0.3, 0.4) is 0 Å². The molecular formula is C16H17NOS. The van der Waals surface area contributed by atoms with Crippen LogP contribution in [0.2, 0.25) is 0 Å². The fraction of sp³-hybridized carbons (Fsp3) is 0.188. The van der Waals surface area contributed by atoms with Gasteiger partial charge in [-0.05, 0) is 30.0 Å². The molecule has 1 aromatic carbocycles. The quantitative estimate of drug-likeness (QED) is 0.770. The number of amides is 1. The Morgan fingerprint density at radius 2 is 1.95 bits per heavy atom. The molecule has 2 rings (SSSR count). The van der Waals surface area contributed by atoms with Gasteiger partial charge in [-0.2, -0.15) is 0 Å². The Labute approximate surface area is 118 Å². The predicted octanol–water partition coefficient (Wildman–Crippen LogP) is 3.98. The summed E-state index contributed by atoms with van der Waals surface area (Å²) >= 11 is 1.62. The first-order valence-corrected chi connectivity index (χ1v) is 7.10. The van der Waals surface area contributed by atoms with Crippen molar-refractivity contribution < 1.29 is 4.79 Å². The summed E-state index contributed by atoms with van der Waals surface area (Å²) in [6.07, 6.45) is 3.49. The molecule has 0 N–H and O–H groups in total. The molecule has 0 saturated carbocycles. The molecule has 0 spiro atoms. The maximum absolute atomic E-state index is 12.1. The van der Waals surface area contributed by atoms with Crippen molar-refractivity contribution in [1.82, 2.24) is 4.90 Å². The maximum Gasteiger partial charge on any atom is 0.246 e. The third kappa shape index (κ3) is 3.55. The summed E-state index contributed by atoms with van der Waals surface area (Å²) in [6.45, 7) is 2.03. The standard InChI is InChI=1S/C16H17NOS/c1-13(14-7-4-3-5-8-14)17(2)16(18)11-10-15-9-6-12-19-15/h3-13H,1-2H3/b11-10+. The number of carbonyl (C=O) groups excluding carboxylic acids is 1. The lowest BCUT2D eigenvalue weighted by atomic mass is 10.1. The number of nitrogens with zero attached hydrogens (tertiary/aromatic N) is 1. The molecule has 0 saturated heterocycles. The van der Waals surface area contributed by atoms with E-state index in [0.717, 1.165) is 10.4 Å². The van der Waals surface area contributed by atoms with E-state index in [9.17, 15) is 4.79 Å². The first-order chi connectivity index (χ1) is 9.18. The second-order valence-electron chi connectivity index (χ2n) is 4.38. The van der Waals surface area contributed by atoms with E-state index in [1.54, 1.807) is 22.3 Å². The summed E-state index contributed by atoms with van der Waals surface area (Å²) in [5.41, 5.74) is 1.14. The number of rotatable bonds is 4. The molecule has 2 nitrogen and oxygen atoms in total. The third-order valence-corrected chi connectivity index (χ3v) is 3.98. The van der Waals surface area contributed by atoms with Gasteiger partial charge in [0.05, 0.1) is 6.04 Å². The Morgan fingerprint density at radius 3 is 2.58 bits per heavy atom. The van der Waals surface area contributed by atoms with Crippen LogP contribution >= 0.6 is 11.3 Å². The van der Waals surface area contributed by atoms with Crippen molar-refractivity contribution in [1.29, 1.82) is 0 Å². The Hall–Kier alpha value is -1.87. The highest BCUT2D eigenvalue weighted by molar-refractivity contribution is 7.10. The number of thiophene rings is 1. The van der Waals surface area contributed by atoms with Crippen LogP contribution in [0.1, 0.15) is 23.4 Å².